The number of rotatable bonds is 24. The van der Waals surface area contributed by atoms with Crippen molar-refractivity contribution in [3.8, 4) is 0 Å². The number of aliphatic hydroxyl groups excluding tert-OH is 1. The molecule has 0 spiro atoms. The lowest BCUT2D eigenvalue weighted by Gasteiger charge is -2.41. The average molecular weight is 1390 g/mol. The normalized spacial score (nSPS) is 26.0. The summed E-state index contributed by atoms with van der Waals surface area (Å²) in [5, 5.41) is 34.9. The molecule has 0 bridgehead atoms. The van der Waals surface area contributed by atoms with E-state index in [0.29, 0.717) is 5.75 Å². The van der Waals surface area contributed by atoms with Crippen LogP contribution in [0.2, 0.25) is 0 Å². The van der Waals surface area contributed by atoms with Crippen molar-refractivity contribution in [2.45, 2.75) is 261 Å². The standard InChI is InChI=1S/C71H130N12O13S/c1-27-31-34-47(15)59(84)58-63(88)74-50(28-2)65(90)80(24)55(41-97-36-33-32-35-83(29-3)30-4)68(93)79(23)54(40-71(18,19)96)62(87)75-56(45(11)12)69(94)76(20)51(37-42(5)6)61(86)72-48(16)60(85)73-49(17)64(89)77(21)52(38-43(7)8)66(91)78(22)53(39-44(9)10)67(92)81(25)57(46(13)14)70(95)82(58)26/h27,31,42-59,84,96H,28-30,32-41H2,1-26H3,(H,72,86)(H,73,85)(H,74,88)(H,75,87)/b31-27+/t47-,48+,49-,50+,51+,52+,53+,54+,55-,56+,57+,58+,59-/m1/s1. The minimum atomic E-state index is -1.66. The fourth-order valence-corrected chi connectivity index (χ4v) is 13.4. The number of amides is 11. The molecule has 0 saturated carbocycles. The number of carbonyl (C=O) groups excluding carboxylic acids is 11. The highest BCUT2D eigenvalue weighted by molar-refractivity contribution is 7.99. The van der Waals surface area contributed by atoms with Gasteiger partial charge in [-0.3, -0.25) is 52.7 Å². The van der Waals surface area contributed by atoms with E-state index >= 15 is 33.6 Å². The Bertz CT molecular complexity index is 2610. The van der Waals surface area contributed by atoms with Crippen molar-refractivity contribution >= 4 is 76.7 Å². The predicted octanol–water partition coefficient (Wildman–Crippen LogP) is 4.61. The topological polar surface area (TPSA) is 302 Å². The van der Waals surface area contributed by atoms with Gasteiger partial charge in [0.15, 0.2) is 0 Å². The molecule has 1 fully saturated rings. The Morgan fingerprint density at radius 1 is 0.505 bits per heavy atom. The van der Waals surface area contributed by atoms with Gasteiger partial charge in [-0.25, -0.2) is 0 Å². The molecule has 1 rings (SSSR count). The van der Waals surface area contributed by atoms with Crippen LogP contribution in [-0.4, -0.2) is 273 Å². The van der Waals surface area contributed by atoms with E-state index in [-0.39, 0.29) is 62.0 Å². The Morgan fingerprint density at radius 2 is 0.948 bits per heavy atom. The zero-order chi connectivity index (χ0) is 75.0. The highest BCUT2D eigenvalue weighted by Crippen LogP contribution is 2.27. The summed E-state index contributed by atoms with van der Waals surface area (Å²) in [4.78, 5) is 175. The van der Waals surface area contributed by atoms with E-state index in [2.05, 4.69) is 40.0 Å². The van der Waals surface area contributed by atoms with Crippen molar-refractivity contribution in [3.05, 3.63) is 12.2 Å². The van der Waals surface area contributed by atoms with Gasteiger partial charge < -0.3 is 70.7 Å². The van der Waals surface area contributed by atoms with Gasteiger partial charge in [0.1, 0.15) is 66.5 Å². The van der Waals surface area contributed by atoms with Gasteiger partial charge in [-0.1, -0.05) is 109 Å². The molecule has 25 nitrogen and oxygen atoms in total. The first kappa shape index (κ1) is 89.2. The summed E-state index contributed by atoms with van der Waals surface area (Å²) in [5.41, 5.74) is -1.58. The minimum Gasteiger partial charge on any atom is -0.390 e. The molecule has 1 aliphatic heterocycles. The molecule has 0 aliphatic carbocycles. The van der Waals surface area contributed by atoms with Crippen molar-refractivity contribution in [3.63, 3.8) is 0 Å². The second kappa shape index (κ2) is 41.6. The molecule has 1 heterocycles. The lowest BCUT2D eigenvalue weighted by molar-refractivity contribution is -0.157. The summed E-state index contributed by atoms with van der Waals surface area (Å²) in [7, 11) is 9.92. The Balaban J connectivity index is 4.57. The third-order valence-corrected chi connectivity index (χ3v) is 19.7. The van der Waals surface area contributed by atoms with Crippen LogP contribution in [-0.2, 0) is 52.7 Å². The van der Waals surface area contributed by atoms with Crippen LogP contribution in [0.15, 0.2) is 12.2 Å². The first-order chi connectivity index (χ1) is 44.9. The molecule has 6 N–H and O–H groups in total. The van der Waals surface area contributed by atoms with E-state index < -0.39 is 161 Å². The van der Waals surface area contributed by atoms with Crippen LogP contribution < -0.4 is 21.3 Å². The van der Waals surface area contributed by atoms with Crippen LogP contribution in [0.3, 0.4) is 0 Å². The average Bonchev–Trinajstić information content (AvgIpc) is 0.812. The van der Waals surface area contributed by atoms with Gasteiger partial charge in [0.25, 0.3) is 0 Å². The third-order valence-electron chi connectivity index (χ3n) is 18.6. The van der Waals surface area contributed by atoms with Crippen LogP contribution in [0, 0.1) is 35.5 Å². The molecular formula is C71H130N12O13S. The molecule has 0 radical (unpaired) electrons. The number of aliphatic hydroxyl groups is 2. The highest BCUT2D eigenvalue weighted by Gasteiger charge is 2.47. The van der Waals surface area contributed by atoms with Gasteiger partial charge in [-0.05, 0) is 140 Å². The summed E-state index contributed by atoms with van der Waals surface area (Å²) in [5.74, 6) is -9.59. The summed E-state index contributed by atoms with van der Waals surface area (Å²) >= 11 is 1.42. The molecule has 1 aliphatic rings. The first-order valence-corrected chi connectivity index (χ1v) is 36.5. The van der Waals surface area contributed by atoms with Crippen molar-refractivity contribution in [2.75, 3.05) is 80.5 Å². The zero-order valence-corrected chi connectivity index (χ0v) is 64.9. The highest BCUT2D eigenvalue weighted by atomic mass is 32.2. The summed E-state index contributed by atoms with van der Waals surface area (Å²) < 4.78 is 0. The van der Waals surface area contributed by atoms with Crippen LogP contribution in [0.1, 0.15) is 183 Å². The molecule has 97 heavy (non-hydrogen) atoms. The molecule has 558 valence electrons. The lowest BCUT2D eigenvalue weighted by atomic mass is 9.91. The molecule has 0 unspecified atom stereocenters. The number of nitrogens with zero attached hydrogens (tertiary/aromatic N) is 8. The Kier molecular flexibility index (Phi) is 38.3. The number of carbonyl (C=O) groups is 11. The monoisotopic (exact) mass is 1390 g/mol. The molecule has 1 saturated heterocycles. The van der Waals surface area contributed by atoms with E-state index in [1.165, 1.54) is 113 Å². The van der Waals surface area contributed by atoms with Crippen LogP contribution in [0.5, 0.6) is 0 Å². The number of unbranched alkanes of at least 4 members (excludes halogenated alkanes) is 1. The third kappa shape index (κ3) is 26.6. The Hall–Kier alpha value is -5.86. The molecule has 11 amide bonds. The second-order valence-electron chi connectivity index (χ2n) is 29.5. The van der Waals surface area contributed by atoms with Gasteiger partial charge in [-0.2, -0.15) is 11.8 Å². The van der Waals surface area contributed by atoms with Gasteiger partial charge in [0, 0.05) is 61.5 Å². The van der Waals surface area contributed by atoms with Gasteiger partial charge in [-0.15, -0.1) is 0 Å². The smallest absolute Gasteiger partial charge is 0.246 e. The van der Waals surface area contributed by atoms with Crippen molar-refractivity contribution in [2.24, 2.45) is 35.5 Å². The lowest BCUT2D eigenvalue weighted by Crippen LogP contribution is -2.64. The van der Waals surface area contributed by atoms with E-state index in [1.807, 2.05) is 47.6 Å². The van der Waals surface area contributed by atoms with E-state index in [9.17, 15) is 29.4 Å². The number of thioether (sulfide) groups is 1. The summed E-state index contributed by atoms with van der Waals surface area (Å²) in [6, 6.07) is -14.4. The van der Waals surface area contributed by atoms with E-state index in [1.54, 1.807) is 54.5 Å². The fraction of sp³-hybridized carbons (Fsp3) is 0.817. The van der Waals surface area contributed by atoms with Crippen LogP contribution >= 0.6 is 11.8 Å². The van der Waals surface area contributed by atoms with Crippen LogP contribution in [0.4, 0.5) is 0 Å². The molecular weight excluding hydrogens is 1260 g/mol. The zero-order valence-electron chi connectivity index (χ0n) is 64.1. The van der Waals surface area contributed by atoms with Gasteiger partial charge >= 0.3 is 0 Å². The van der Waals surface area contributed by atoms with E-state index in [0.717, 1.165) is 42.3 Å². The van der Waals surface area contributed by atoms with Crippen molar-refractivity contribution in [1.29, 1.82) is 0 Å². The number of nitrogens with one attached hydrogen (secondary N) is 4. The predicted molar refractivity (Wildman–Crippen MR) is 383 cm³/mol. The largest absolute Gasteiger partial charge is 0.390 e. The van der Waals surface area contributed by atoms with Crippen molar-refractivity contribution in [1.82, 2.24) is 60.5 Å². The maximum absolute atomic E-state index is 15.4. The quantitative estimate of drug-likeness (QED) is 0.0568. The van der Waals surface area contributed by atoms with Gasteiger partial charge in [0.05, 0.1) is 11.7 Å². The fourth-order valence-electron chi connectivity index (χ4n) is 12.3. The van der Waals surface area contributed by atoms with Gasteiger partial charge in [0.2, 0.25) is 65.0 Å². The molecule has 13 atom stereocenters. The number of allylic oxidation sites excluding steroid dienone is 2. The minimum absolute atomic E-state index is 0.0222. The van der Waals surface area contributed by atoms with Crippen LogP contribution in [0.25, 0.3) is 0 Å². The number of hydrogen-bond donors (Lipinski definition) is 6. The Labute approximate surface area is 586 Å². The number of hydrogen-bond acceptors (Lipinski definition) is 15. The maximum atomic E-state index is 15.4. The number of likely N-dealkylation sites (N-methyl/N-ethyl adjacent to an activating group) is 7. The molecule has 0 aromatic heterocycles. The van der Waals surface area contributed by atoms with Crippen molar-refractivity contribution < 1.29 is 63.0 Å². The summed E-state index contributed by atoms with van der Waals surface area (Å²) in [6.45, 7) is 35.8. The van der Waals surface area contributed by atoms with E-state index in [4.69, 9.17) is 0 Å². The molecule has 0 aromatic rings. The maximum Gasteiger partial charge on any atom is 0.246 e. The summed E-state index contributed by atoms with van der Waals surface area (Å²) in [6.07, 6.45) is 4.02. The molecule has 0 aromatic carbocycles. The second-order valence-corrected chi connectivity index (χ2v) is 30.7. The Morgan fingerprint density at radius 3 is 1.42 bits per heavy atom. The SMILES string of the molecule is C/C=C/C[C@@H](C)[C@@H](O)[C@H]1C(=O)N[C@@H](CC)C(=O)N(C)[C@H](CSCCCCN(CC)CC)C(=O)N(C)[C@@H](CC(C)(C)O)C(=O)N[C@@H](C(C)C)C(=O)N(C)[C@@H](CC(C)C)C(=O)N[C@@H](C)C(=O)N[C@H](C)C(=O)N(C)[C@@H](CC(C)C)C(=O)N(C)[C@@H](CC(C)C)C(=O)N(C)[C@@H](C(C)C)C(=O)N1C. The molecule has 26 heteroatoms. The first-order valence-electron chi connectivity index (χ1n) is 35.3.